The number of aromatic amines is 1. The van der Waals surface area contributed by atoms with Crippen molar-refractivity contribution in [3.63, 3.8) is 0 Å². The van der Waals surface area contributed by atoms with Gasteiger partial charge in [-0.1, -0.05) is 18.2 Å². The molecule has 0 aliphatic carbocycles. The minimum atomic E-state index is -0.419. The number of hydrogen-bond acceptors (Lipinski definition) is 4. The van der Waals surface area contributed by atoms with Gasteiger partial charge in [-0.3, -0.25) is 14.9 Å². The van der Waals surface area contributed by atoms with Crippen LogP contribution in [-0.2, 0) is 4.79 Å². The normalized spacial score (nSPS) is 15.1. The second kappa shape index (κ2) is 8.06. The molecule has 1 N–H and O–H groups in total. The van der Waals surface area contributed by atoms with Gasteiger partial charge in [0.1, 0.15) is 0 Å². The Kier molecular flexibility index (Phi) is 5.34. The van der Waals surface area contributed by atoms with E-state index in [9.17, 15) is 14.9 Å². The second-order valence-corrected chi connectivity index (χ2v) is 8.03. The van der Waals surface area contributed by atoms with Crippen molar-refractivity contribution in [2.45, 2.75) is 23.7 Å². The van der Waals surface area contributed by atoms with Crippen LogP contribution in [0.5, 0.6) is 0 Å². The van der Waals surface area contributed by atoms with Gasteiger partial charge in [0.15, 0.2) is 0 Å². The number of thioether (sulfide) groups is 1. The van der Waals surface area contributed by atoms with Gasteiger partial charge in [-0.05, 0) is 42.5 Å². The zero-order valence-electron chi connectivity index (χ0n) is 15.3. The lowest BCUT2D eigenvalue weighted by molar-refractivity contribution is -0.384. The molecule has 0 spiro atoms. The third kappa shape index (κ3) is 3.89. The van der Waals surface area contributed by atoms with Crippen LogP contribution < -0.4 is 0 Å². The first-order chi connectivity index (χ1) is 13.6. The molecule has 4 rings (SSSR count). The minimum absolute atomic E-state index is 0.0648. The number of benzene rings is 2. The summed E-state index contributed by atoms with van der Waals surface area (Å²) in [7, 11) is 0. The zero-order valence-corrected chi connectivity index (χ0v) is 16.2. The van der Waals surface area contributed by atoms with E-state index in [4.69, 9.17) is 0 Å². The summed E-state index contributed by atoms with van der Waals surface area (Å²) in [6.07, 6.45) is 4.04. The number of fused-ring (bicyclic) bond motifs is 1. The number of non-ortho nitro benzene ring substituents is 1. The monoisotopic (exact) mass is 395 g/mol. The molecule has 7 heteroatoms. The van der Waals surface area contributed by atoms with Gasteiger partial charge in [-0.15, -0.1) is 11.8 Å². The molecule has 2 heterocycles. The molecule has 2 aromatic carbocycles. The molecule has 0 bridgehead atoms. The lowest BCUT2D eigenvalue weighted by Gasteiger charge is -2.32. The highest BCUT2D eigenvalue weighted by molar-refractivity contribution is 8.00. The number of amides is 1. The molecule has 1 aliphatic rings. The molecule has 0 atom stereocenters. The van der Waals surface area contributed by atoms with Gasteiger partial charge < -0.3 is 9.88 Å². The van der Waals surface area contributed by atoms with Crippen LogP contribution in [0.25, 0.3) is 10.9 Å². The van der Waals surface area contributed by atoms with E-state index in [1.165, 1.54) is 34.8 Å². The Bertz CT molecular complexity index is 992. The van der Waals surface area contributed by atoms with E-state index >= 15 is 0 Å². The fourth-order valence-corrected chi connectivity index (χ4v) is 4.57. The van der Waals surface area contributed by atoms with E-state index in [1.807, 2.05) is 11.0 Å². The highest BCUT2D eigenvalue weighted by Gasteiger charge is 2.25. The third-order valence-electron chi connectivity index (χ3n) is 5.32. The van der Waals surface area contributed by atoms with Gasteiger partial charge in [-0.2, -0.15) is 0 Å². The van der Waals surface area contributed by atoms with Crippen LogP contribution in [0.3, 0.4) is 0 Å². The fourth-order valence-electron chi connectivity index (χ4n) is 3.77. The predicted molar refractivity (Wildman–Crippen MR) is 111 cm³/mol. The fraction of sp³-hybridized carbons (Fsp3) is 0.286. The van der Waals surface area contributed by atoms with Crippen molar-refractivity contribution >= 4 is 34.3 Å². The Morgan fingerprint density at radius 2 is 1.86 bits per heavy atom. The Labute approximate surface area is 167 Å². The first kappa shape index (κ1) is 18.6. The first-order valence-electron chi connectivity index (χ1n) is 9.33. The summed E-state index contributed by atoms with van der Waals surface area (Å²) >= 11 is 1.42. The molecule has 1 saturated heterocycles. The van der Waals surface area contributed by atoms with Crippen LogP contribution >= 0.6 is 11.8 Å². The molecule has 28 heavy (non-hydrogen) atoms. The minimum Gasteiger partial charge on any atom is -0.361 e. The molecule has 1 amide bonds. The molecule has 3 aromatic rings. The van der Waals surface area contributed by atoms with Crippen molar-refractivity contribution in [3.05, 3.63) is 70.4 Å². The molecular weight excluding hydrogens is 374 g/mol. The van der Waals surface area contributed by atoms with Crippen molar-refractivity contribution in [1.82, 2.24) is 9.88 Å². The molecule has 144 valence electrons. The number of hydrogen-bond donors (Lipinski definition) is 1. The van der Waals surface area contributed by atoms with Crippen molar-refractivity contribution in [1.29, 1.82) is 0 Å². The van der Waals surface area contributed by atoms with Gasteiger partial charge >= 0.3 is 0 Å². The largest absolute Gasteiger partial charge is 0.361 e. The summed E-state index contributed by atoms with van der Waals surface area (Å²) in [6, 6.07) is 14.7. The van der Waals surface area contributed by atoms with Crippen LogP contribution in [-0.4, -0.2) is 39.6 Å². The van der Waals surface area contributed by atoms with E-state index < -0.39 is 4.92 Å². The second-order valence-electron chi connectivity index (χ2n) is 6.98. The van der Waals surface area contributed by atoms with Gasteiger partial charge in [-0.25, -0.2) is 0 Å². The van der Waals surface area contributed by atoms with Crippen molar-refractivity contribution < 1.29 is 9.72 Å². The zero-order chi connectivity index (χ0) is 19.5. The van der Waals surface area contributed by atoms with E-state index in [1.54, 1.807) is 12.1 Å². The average molecular weight is 395 g/mol. The molecule has 0 saturated carbocycles. The molecular formula is C21H21N3O3S. The maximum atomic E-state index is 12.5. The van der Waals surface area contributed by atoms with Gasteiger partial charge in [0.05, 0.1) is 10.7 Å². The number of nitrogens with zero attached hydrogens (tertiary/aromatic N) is 2. The quantitative estimate of drug-likeness (QED) is 0.390. The number of carbonyl (C=O) groups is 1. The van der Waals surface area contributed by atoms with Gasteiger partial charge in [0.2, 0.25) is 5.91 Å². The summed E-state index contributed by atoms with van der Waals surface area (Å²) in [6.45, 7) is 1.54. The van der Waals surface area contributed by atoms with Crippen molar-refractivity contribution in [2.24, 2.45) is 0 Å². The number of nitro benzene ring substituents is 1. The van der Waals surface area contributed by atoms with Gasteiger partial charge in [0.25, 0.3) is 5.69 Å². The van der Waals surface area contributed by atoms with Crippen LogP contribution in [0.4, 0.5) is 5.69 Å². The van der Waals surface area contributed by atoms with E-state index in [2.05, 4.69) is 29.4 Å². The summed E-state index contributed by atoms with van der Waals surface area (Å²) in [4.78, 5) is 29.0. The van der Waals surface area contributed by atoms with E-state index in [0.717, 1.165) is 36.3 Å². The van der Waals surface area contributed by atoms with E-state index in [-0.39, 0.29) is 11.6 Å². The standard InChI is InChI=1S/C21H21N3O3S/c25-21(14-28-17-7-5-16(6-8-17)24(26)27)23-11-9-15(10-12-23)19-13-22-20-4-2-1-3-18(19)20/h1-8,13,15,22H,9-12,14H2. The number of nitrogens with one attached hydrogen (secondary N) is 1. The highest BCUT2D eigenvalue weighted by Crippen LogP contribution is 2.33. The third-order valence-corrected chi connectivity index (χ3v) is 6.32. The maximum absolute atomic E-state index is 12.5. The molecule has 1 aromatic heterocycles. The Morgan fingerprint density at radius 1 is 1.14 bits per heavy atom. The number of H-pyrrole nitrogens is 1. The Balaban J connectivity index is 1.31. The predicted octanol–water partition coefficient (Wildman–Crippen LogP) is 4.57. The van der Waals surface area contributed by atoms with Crippen molar-refractivity contribution in [2.75, 3.05) is 18.8 Å². The molecule has 0 radical (unpaired) electrons. The van der Waals surface area contributed by atoms with E-state index in [0.29, 0.717) is 11.7 Å². The van der Waals surface area contributed by atoms with Crippen molar-refractivity contribution in [3.8, 4) is 0 Å². The summed E-state index contributed by atoms with van der Waals surface area (Å²) < 4.78 is 0. The van der Waals surface area contributed by atoms with Crippen LogP contribution in [0, 0.1) is 10.1 Å². The summed E-state index contributed by atoms with van der Waals surface area (Å²) in [5.74, 6) is 0.957. The number of para-hydroxylation sites is 1. The number of aromatic nitrogens is 1. The summed E-state index contributed by atoms with van der Waals surface area (Å²) in [5, 5.41) is 12.0. The number of rotatable bonds is 5. The molecule has 1 aliphatic heterocycles. The SMILES string of the molecule is O=C(CSc1ccc([N+](=O)[O-])cc1)N1CCC(c2c[nH]c3ccccc23)CC1. The molecule has 0 unspecified atom stereocenters. The smallest absolute Gasteiger partial charge is 0.269 e. The number of carbonyl (C=O) groups excluding carboxylic acids is 1. The Hall–Kier alpha value is -2.80. The number of nitro groups is 1. The van der Waals surface area contributed by atoms with Crippen LogP contribution in [0.2, 0.25) is 0 Å². The van der Waals surface area contributed by atoms with Crippen LogP contribution in [0.15, 0.2) is 59.6 Å². The Morgan fingerprint density at radius 3 is 2.57 bits per heavy atom. The maximum Gasteiger partial charge on any atom is 0.269 e. The average Bonchev–Trinajstić information content (AvgIpc) is 3.16. The van der Waals surface area contributed by atoms with Crippen LogP contribution in [0.1, 0.15) is 24.3 Å². The lowest BCUT2D eigenvalue weighted by atomic mass is 9.89. The number of likely N-dealkylation sites (tertiary alicyclic amines) is 1. The highest BCUT2D eigenvalue weighted by atomic mass is 32.2. The molecule has 6 nitrogen and oxygen atoms in total. The summed E-state index contributed by atoms with van der Waals surface area (Å²) in [5.41, 5.74) is 2.58. The lowest BCUT2D eigenvalue weighted by Crippen LogP contribution is -2.38. The van der Waals surface area contributed by atoms with Gasteiger partial charge in [0, 0.05) is 47.2 Å². The first-order valence-corrected chi connectivity index (χ1v) is 10.3. The topological polar surface area (TPSA) is 79.2 Å². The number of piperidine rings is 1. The molecule has 1 fully saturated rings.